The highest BCUT2D eigenvalue weighted by Crippen LogP contribution is 2.20. The normalized spacial score (nSPS) is 15.5. The van der Waals surface area contributed by atoms with Crippen LogP contribution < -0.4 is 10.9 Å². The largest absolute Gasteiger partial charge is 0.501 e. The zero-order valence-electron chi connectivity index (χ0n) is 19.5. The molecule has 0 saturated heterocycles. The Morgan fingerprint density at radius 1 is 1.23 bits per heavy atom. The quantitative estimate of drug-likeness (QED) is 0.660. The average Bonchev–Trinajstić information content (AvgIpc) is 2.68. The summed E-state index contributed by atoms with van der Waals surface area (Å²) in [6.45, 7) is 12.1. The second-order valence-electron chi connectivity index (χ2n) is 7.73. The van der Waals surface area contributed by atoms with Crippen LogP contribution in [0.4, 0.5) is 4.79 Å². The highest BCUT2D eigenvalue weighted by Gasteiger charge is 2.23. The van der Waals surface area contributed by atoms with Crippen LogP contribution in [0.3, 0.4) is 0 Å². The van der Waals surface area contributed by atoms with Gasteiger partial charge < -0.3 is 19.9 Å². The topological polar surface area (TPSA) is 120 Å². The lowest BCUT2D eigenvalue weighted by atomic mass is 9.98. The molecule has 1 amide bonds. The molecule has 0 bridgehead atoms. The van der Waals surface area contributed by atoms with E-state index in [0.717, 1.165) is 19.3 Å². The second-order valence-corrected chi connectivity index (χ2v) is 7.73. The zero-order chi connectivity index (χ0) is 23.5. The number of aromatic nitrogens is 2. The number of amides is 1. The second kappa shape index (κ2) is 12.9. The first-order chi connectivity index (χ1) is 14.0. The van der Waals surface area contributed by atoms with Gasteiger partial charge in [0.1, 0.15) is 11.4 Å². The van der Waals surface area contributed by atoms with Gasteiger partial charge in [-0.25, -0.2) is 14.6 Å². The molecule has 1 aliphatic heterocycles. The van der Waals surface area contributed by atoms with Gasteiger partial charge in [-0.3, -0.25) is 9.36 Å². The lowest BCUT2D eigenvalue weighted by molar-refractivity contribution is 0.0539. The summed E-state index contributed by atoms with van der Waals surface area (Å²) in [5.41, 5.74) is -1.23. The summed E-state index contributed by atoms with van der Waals surface area (Å²) >= 11 is 0. The van der Waals surface area contributed by atoms with Gasteiger partial charge in [0.15, 0.2) is 5.69 Å². The minimum atomic E-state index is -0.785. The Bertz CT molecular complexity index is 752. The van der Waals surface area contributed by atoms with Crippen LogP contribution in [0.25, 0.3) is 0 Å². The van der Waals surface area contributed by atoms with Crippen LogP contribution in [0.1, 0.15) is 77.1 Å². The SMILES string of the molecule is CC.CNC(=O)OC(C)(C)C.COC(=O)c1nc2n(c(=O)c1O)CCCCC(C)C2. The lowest BCUT2D eigenvalue weighted by Gasteiger charge is -2.20. The number of carbonyl (C=O) groups excluding carboxylic acids is 2. The molecule has 2 N–H and O–H groups in total. The lowest BCUT2D eigenvalue weighted by Crippen LogP contribution is -2.30. The number of esters is 1. The van der Waals surface area contributed by atoms with Gasteiger partial charge in [-0.15, -0.1) is 0 Å². The summed E-state index contributed by atoms with van der Waals surface area (Å²) in [5, 5.41) is 12.1. The van der Waals surface area contributed by atoms with Crippen LogP contribution in [0.5, 0.6) is 5.75 Å². The van der Waals surface area contributed by atoms with E-state index in [1.807, 2.05) is 34.6 Å². The van der Waals surface area contributed by atoms with E-state index in [4.69, 9.17) is 4.74 Å². The van der Waals surface area contributed by atoms with Crippen molar-refractivity contribution in [2.45, 2.75) is 79.4 Å². The van der Waals surface area contributed by atoms with Crippen molar-refractivity contribution in [2.24, 2.45) is 5.92 Å². The number of methoxy groups -OCH3 is 1. The van der Waals surface area contributed by atoms with E-state index in [2.05, 4.69) is 22.0 Å². The Morgan fingerprint density at radius 3 is 2.30 bits per heavy atom. The van der Waals surface area contributed by atoms with Crippen LogP contribution in [0.15, 0.2) is 4.79 Å². The summed E-state index contributed by atoms with van der Waals surface area (Å²) in [5.74, 6) is -0.458. The zero-order valence-corrected chi connectivity index (χ0v) is 19.5. The molecular formula is C21H37N3O6. The number of ether oxygens (including phenoxy) is 2. The molecular weight excluding hydrogens is 390 g/mol. The molecule has 30 heavy (non-hydrogen) atoms. The molecule has 0 radical (unpaired) electrons. The van der Waals surface area contributed by atoms with E-state index in [-0.39, 0.29) is 17.4 Å². The highest BCUT2D eigenvalue weighted by atomic mass is 16.6. The molecule has 0 fully saturated rings. The monoisotopic (exact) mass is 427 g/mol. The van der Waals surface area contributed by atoms with E-state index in [0.29, 0.717) is 24.7 Å². The van der Waals surface area contributed by atoms with Gasteiger partial charge in [-0.1, -0.05) is 33.6 Å². The summed E-state index contributed by atoms with van der Waals surface area (Å²) in [7, 11) is 2.73. The summed E-state index contributed by atoms with van der Waals surface area (Å²) in [6.07, 6.45) is 3.23. The van der Waals surface area contributed by atoms with Crippen molar-refractivity contribution in [1.82, 2.24) is 14.9 Å². The Morgan fingerprint density at radius 2 is 1.83 bits per heavy atom. The number of hydrogen-bond donors (Lipinski definition) is 2. The van der Waals surface area contributed by atoms with Crippen molar-refractivity contribution in [1.29, 1.82) is 0 Å². The number of alkyl carbamates (subject to hydrolysis) is 1. The molecule has 9 nitrogen and oxygen atoms in total. The molecule has 172 valence electrons. The van der Waals surface area contributed by atoms with Gasteiger partial charge in [0.25, 0.3) is 5.56 Å². The molecule has 0 aromatic carbocycles. The fraction of sp³-hybridized carbons (Fsp3) is 0.714. The first kappa shape index (κ1) is 27.4. The highest BCUT2D eigenvalue weighted by molar-refractivity contribution is 5.89. The Labute approximate surface area is 178 Å². The third-order valence-electron chi connectivity index (χ3n) is 4.07. The molecule has 0 saturated carbocycles. The molecule has 1 unspecified atom stereocenters. The summed E-state index contributed by atoms with van der Waals surface area (Å²) in [4.78, 5) is 38.2. The first-order valence-corrected chi connectivity index (χ1v) is 10.3. The van der Waals surface area contributed by atoms with Crippen molar-refractivity contribution in [3.8, 4) is 5.75 Å². The minimum absolute atomic E-state index is 0.286. The van der Waals surface area contributed by atoms with E-state index in [1.54, 1.807) is 0 Å². The molecule has 1 atom stereocenters. The smallest absolute Gasteiger partial charge is 0.407 e. The van der Waals surface area contributed by atoms with Crippen LogP contribution in [-0.4, -0.2) is 46.5 Å². The number of nitrogens with zero attached hydrogens (tertiary/aromatic N) is 2. The van der Waals surface area contributed by atoms with Crippen molar-refractivity contribution >= 4 is 12.1 Å². The molecule has 0 spiro atoms. The third-order valence-corrected chi connectivity index (χ3v) is 4.07. The Hall–Kier alpha value is -2.58. The van der Waals surface area contributed by atoms with Gasteiger partial charge in [-0.05, 0) is 33.1 Å². The number of aromatic hydroxyl groups is 1. The van der Waals surface area contributed by atoms with E-state index >= 15 is 0 Å². The third kappa shape index (κ3) is 8.84. The fourth-order valence-corrected chi connectivity index (χ4v) is 2.72. The van der Waals surface area contributed by atoms with E-state index in [1.165, 1.54) is 18.7 Å². The fourth-order valence-electron chi connectivity index (χ4n) is 2.72. The van der Waals surface area contributed by atoms with Crippen molar-refractivity contribution in [3.63, 3.8) is 0 Å². The average molecular weight is 428 g/mol. The first-order valence-electron chi connectivity index (χ1n) is 10.3. The maximum absolute atomic E-state index is 12.1. The number of nitrogens with one attached hydrogen (secondary N) is 1. The maximum atomic E-state index is 12.1. The van der Waals surface area contributed by atoms with Crippen molar-refractivity contribution in [2.75, 3.05) is 14.2 Å². The predicted molar refractivity (Wildman–Crippen MR) is 115 cm³/mol. The van der Waals surface area contributed by atoms with Gasteiger partial charge >= 0.3 is 12.1 Å². The van der Waals surface area contributed by atoms with Gasteiger partial charge in [0.2, 0.25) is 5.75 Å². The van der Waals surface area contributed by atoms with Crippen LogP contribution in [0.2, 0.25) is 0 Å². The van der Waals surface area contributed by atoms with Crippen molar-refractivity contribution in [3.05, 3.63) is 21.9 Å². The van der Waals surface area contributed by atoms with Crippen LogP contribution >= 0.6 is 0 Å². The summed E-state index contributed by atoms with van der Waals surface area (Å²) in [6, 6.07) is 0. The van der Waals surface area contributed by atoms with Crippen molar-refractivity contribution < 1.29 is 24.2 Å². The minimum Gasteiger partial charge on any atom is -0.501 e. The predicted octanol–water partition coefficient (Wildman–Crippen LogP) is 3.27. The molecule has 2 heterocycles. The molecule has 1 aliphatic rings. The molecule has 0 aliphatic carbocycles. The van der Waals surface area contributed by atoms with Gasteiger partial charge in [-0.2, -0.15) is 0 Å². The van der Waals surface area contributed by atoms with Crippen LogP contribution in [-0.2, 0) is 22.4 Å². The number of hydrogen-bond acceptors (Lipinski definition) is 7. The maximum Gasteiger partial charge on any atom is 0.407 e. The molecule has 9 heteroatoms. The Kier molecular flexibility index (Phi) is 11.8. The molecule has 1 aromatic heterocycles. The standard InChI is InChI=1S/C13H18N2O4.C6H13NO2.C2H6/c1-8-5-3-4-6-15-9(7-8)14-10(13(18)19-2)11(16)12(15)17;1-6(2,3)9-5(8)7-4;1-2/h8,16H,3-7H2,1-2H3;1-4H3,(H,7,8);1-2H3. The molecule has 1 aromatic rings. The number of carbonyl (C=O) groups is 2. The Balaban J connectivity index is 0.000000648. The van der Waals surface area contributed by atoms with E-state index < -0.39 is 17.3 Å². The van der Waals surface area contributed by atoms with Crippen LogP contribution in [0, 0.1) is 5.92 Å². The molecule has 2 rings (SSSR count). The van der Waals surface area contributed by atoms with Gasteiger partial charge in [0.05, 0.1) is 7.11 Å². The number of rotatable bonds is 1. The van der Waals surface area contributed by atoms with E-state index in [9.17, 15) is 19.5 Å². The number of fused-ring (bicyclic) bond motifs is 1. The summed E-state index contributed by atoms with van der Waals surface area (Å²) < 4.78 is 10.8. The van der Waals surface area contributed by atoms with Gasteiger partial charge in [0, 0.05) is 20.0 Å².